The molecular formula is C21H23F3O3S. The lowest BCUT2D eigenvalue weighted by atomic mass is 9.98. The molecule has 0 unspecified atom stereocenters. The highest BCUT2D eigenvalue weighted by Gasteiger charge is 2.30. The van der Waals surface area contributed by atoms with Gasteiger partial charge >= 0.3 is 11.5 Å². The molecule has 0 saturated carbocycles. The standard InChI is InChI=1S/C21H23F3O3S/c1-14(2)11-17-12-15(8-10-20(25)26)7-9-18(17)27-13-16-5-3-4-6-19(16)28-21(22,23)24/h3-7,9,12,14H,8,10-11,13H2,1-2H3,(H,25,26). The molecule has 0 heterocycles. The normalized spacial score (nSPS) is 11.6. The van der Waals surface area contributed by atoms with E-state index in [-0.39, 0.29) is 29.7 Å². The van der Waals surface area contributed by atoms with Gasteiger partial charge in [-0.05, 0) is 53.8 Å². The Kier molecular flexibility index (Phi) is 7.80. The van der Waals surface area contributed by atoms with E-state index in [9.17, 15) is 18.0 Å². The highest BCUT2D eigenvalue weighted by Crippen LogP contribution is 2.38. The molecule has 0 aliphatic carbocycles. The Morgan fingerprint density at radius 3 is 2.50 bits per heavy atom. The third kappa shape index (κ3) is 7.46. The summed E-state index contributed by atoms with van der Waals surface area (Å²) in [7, 11) is 0. The van der Waals surface area contributed by atoms with E-state index in [1.165, 1.54) is 6.07 Å². The lowest BCUT2D eigenvalue weighted by molar-refractivity contribution is -0.136. The molecule has 0 atom stereocenters. The van der Waals surface area contributed by atoms with E-state index in [4.69, 9.17) is 9.84 Å². The first-order valence-electron chi connectivity index (χ1n) is 8.94. The highest BCUT2D eigenvalue weighted by molar-refractivity contribution is 8.00. The average molecular weight is 412 g/mol. The highest BCUT2D eigenvalue weighted by atomic mass is 32.2. The van der Waals surface area contributed by atoms with Crippen molar-refractivity contribution in [2.24, 2.45) is 5.92 Å². The predicted molar refractivity (Wildman–Crippen MR) is 104 cm³/mol. The van der Waals surface area contributed by atoms with Crippen LogP contribution in [0.4, 0.5) is 13.2 Å². The van der Waals surface area contributed by atoms with Crippen LogP contribution in [-0.4, -0.2) is 16.6 Å². The van der Waals surface area contributed by atoms with Crippen LogP contribution in [0.3, 0.4) is 0 Å². The molecule has 2 aromatic rings. The largest absolute Gasteiger partial charge is 0.489 e. The Hall–Kier alpha value is -2.15. The molecule has 0 radical (unpaired) electrons. The van der Waals surface area contributed by atoms with E-state index >= 15 is 0 Å². The van der Waals surface area contributed by atoms with Gasteiger partial charge in [-0.25, -0.2) is 0 Å². The van der Waals surface area contributed by atoms with Crippen LogP contribution in [0.25, 0.3) is 0 Å². The smallest absolute Gasteiger partial charge is 0.446 e. The summed E-state index contributed by atoms with van der Waals surface area (Å²) >= 11 is -0.147. The van der Waals surface area contributed by atoms with Gasteiger partial charge in [0.1, 0.15) is 12.4 Å². The first-order chi connectivity index (χ1) is 13.1. The summed E-state index contributed by atoms with van der Waals surface area (Å²) in [6.07, 6.45) is 1.20. The van der Waals surface area contributed by atoms with Crippen molar-refractivity contribution in [1.82, 2.24) is 0 Å². The minimum atomic E-state index is -4.36. The van der Waals surface area contributed by atoms with Gasteiger partial charge in [0.15, 0.2) is 0 Å². The van der Waals surface area contributed by atoms with Gasteiger partial charge in [-0.1, -0.05) is 44.2 Å². The van der Waals surface area contributed by atoms with E-state index in [1.54, 1.807) is 30.3 Å². The average Bonchev–Trinajstić information content (AvgIpc) is 2.58. The van der Waals surface area contributed by atoms with Gasteiger partial charge in [0.25, 0.3) is 0 Å². The van der Waals surface area contributed by atoms with Crippen LogP contribution >= 0.6 is 11.8 Å². The van der Waals surface area contributed by atoms with Gasteiger partial charge in [0.2, 0.25) is 0 Å². The predicted octanol–water partition coefficient (Wildman–Crippen LogP) is 6.09. The molecule has 0 bridgehead atoms. The molecule has 1 N–H and O–H groups in total. The molecule has 2 aromatic carbocycles. The maximum absolute atomic E-state index is 12.7. The number of carboxylic acids is 1. The van der Waals surface area contributed by atoms with Crippen molar-refractivity contribution >= 4 is 17.7 Å². The van der Waals surface area contributed by atoms with Crippen molar-refractivity contribution in [3.05, 3.63) is 59.2 Å². The van der Waals surface area contributed by atoms with Crippen molar-refractivity contribution in [2.45, 2.75) is 50.1 Å². The second-order valence-corrected chi connectivity index (χ2v) is 7.98. The van der Waals surface area contributed by atoms with Gasteiger partial charge in [-0.2, -0.15) is 13.2 Å². The molecule has 0 amide bonds. The van der Waals surface area contributed by atoms with Crippen molar-refractivity contribution in [1.29, 1.82) is 0 Å². The lowest BCUT2D eigenvalue weighted by Crippen LogP contribution is -2.05. The van der Waals surface area contributed by atoms with Gasteiger partial charge in [0, 0.05) is 16.9 Å². The maximum Gasteiger partial charge on any atom is 0.446 e. The zero-order chi connectivity index (χ0) is 20.7. The Bertz CT molecular complexity index is 804. The summed E-state index contributed by atoms with van der Waals surface area (Å²) in [5.41, 5.74) is -2.06. The summed E-state index contributed by atoms with van der Waals surface area (Å²) in [5.74, 6) is 0.106. The number of rotatable bonds is 9. The Balaban J connectivity index is 2.18. The summed E-state index contributed by atoms with van der Waals surface area (Å²) in [4.78, 5) is 10.9. The first-order valence-corrected chi connectivity index (χ1v) is 9.75. The minimum absolute atomic E-state index is 0.0266. The molecule has 0 spiro atoms. The number of benzene rings is 2. The Morgan fingerprint density at radius 1 is 1.14 bits per heavy atom. The van der Waals surface area contributed by atoms with Gasteiger partial charge in [-0.3, -0.25) is 4.79 Å². The van der Waals surface area contributed by atoms with Gasteiger partial charge < -0.3 is 9.84 Å². The van der Waals surface area contributed by atoms with Crippen molar-refractivity contribution < 1.29 is 27.8 Å². The fraction of sp³-hybridized carbons (Fsp3) is 0.381. The molecule has 0 aliphatic heterocycles. The van der Waals surface area contributed by atoms with Gasteiger partial charge in [-0.15, -0.1) is 0 Å². The van der Waals surface area contributed by atoms with Crippen LogP contribution in [-0.2, 0) is 24.2 Å². The van der Waals surface area contributed by atoms with E-state index < -0.39 is 11.5 Å². The number of hydrogen-bond donors (Lipinski definition) is 1. The fourth-order valence-corrected chi connectivity index (χ4v) is 3.44. The number of ether oxygens (including phenoxy) is 1. The first kappa shape index (κ1) is 22.1. The molecule has 3 nitrogen and oxygen atoms in total. The van der Waals surface area contributed by atoms with Crippen LogP contribution in [0, 0.1) is 5.92 Å². The summed E-state index contributed by atoms with van der Waals surface area (Å²) in [6, 6.07) is 11.8. The number of hydrogen-bond acceptors (Lipinski definition) is 3. The van der Waals surface area contributed by atoms with E-state index in [0.29, 0.717) is 23.7 Å². The molecular weight excluding hydrogens is 389 g/mol. The van der Waals surface area contributed by atoms with E-state index in [0.717, 1.165) is 17.5 Å². The summed E-state index contributed by atoms with van der Waals surface area (Å²) in [6.45, 7) is 4.14. The van der Waals surface area contributed by atoms with Crippen molar-refractivity contribution in [2.75, 3.05) is 0 Å². The monoisotopic (exact) mass is 412 g/mol. The zero-order valence-electron chi connectivity index (χ0n) is 15.8. The number of alkyl halides is 3. The van der Waals surface area contributed by atoms with Gasteiger partial charge in [0.05, 0.1) is 0 Å². The molecule has 28 heavy (non-hydrogen) atoms. The molecule has 2 rings (SSSR count). The van der Waals surface area contributed by atoms with E-state index in [1.807, 2.05) is 6.07 Å². The molecule has 0 aliphatic rings. The molecule has 7 heteroatoms. The Labute approximate surface area is 166 Å². The summed E-state index contributed by atoms with van der Waals surface area (Å²) in [5, 5.41) is 8.85. The van der Waals surface area contributed by atoms with Crippen LogP contribution in [0.2, 0.25) is 0 Å². The third-order valence-corrected chi connectivity index (χ3v) is 4.81. The van der Waals surface area contributed by atoms with Crippen LogP contribution < -0.4 is 4.74 Å². The third-order valence-electron chi connectivity index (χ3n) is 3.96. The fourth-order valence-electron chi connectivity index (χ4n) is 2.78. The number of carboxylic acid groups (broad SMARTS) is 1. The quantitative estimate of drug-likeness (QED) is 0.506. The van der Waals surface area contributed by atoms with Crippen molar-refractivity contribution in [3.63, 3.8) is 0 Å². The number of aryl methyl sites for hydroxylation is 1. The topological polar surface area (TPSA) is 46.5 Å². The summed E-state index contributed by atoms with van der Waals surface area (Å²) < 4.78 is 44.1. The number of halogens is 3. The lowest BCUT2D eigenvalue weighted by Gasteiger charge is -2.16. The second kappa shape index (κ2) is 9.87. The van der Waals surface area contributed by atoms with Crippen LogP contribution in [0.1, 0.15) is 37.0 Å². The number of aliphatic carboxylic acids is 1. The molecule has 0 fully saturated rings. The molecule has 0 aromatic heterocycles. The Morgan fingerprint density at radius 2 is 1.86 bits per heavy atom. The zero-order valence-corrected chi connectivity index (χ0v) is 16.6. The maximum atomic E-state index is 12.7. The molecule has 0 saturated heterocycles. The van der Waals surface area contributed by atoms with Crippen LogP contribution in [0.5, 0.6) is 5.75 Å². The minimum Gasteiger partial charge on any atom is -0.489 e. The van der Waals surface area contributed by atoms with Crippen molar-refractivity contribution in [3.8, 4) is 5.75 Å². The molecule has 152 valence electrons. The SMILES string of the molecule is CC(C)Cc1cc(CCC(=O)O)ccc1OCc1ccccc1SC(F)(F)F. The van der Waals surface area contributed by atoms with E-state index in [2.05, 4.69) is 13.8 Å². The number of thioether (sulfide) groups is 1. The second-order valence-electron chi connectivity index (χ2n) is 6.88. The number of carbonyl (C=O) groups is 1. The van der Waals surface area contributed by atoms with Crippen LogP contribution in [0.15, 0.2) is 47.4 Å².